The molecule has 1 N–H and O–H groups in total. The molecule has 114 valence electrons. The van der Waals surface area contributed by atoms with Crippen molar-refractivity contribution in [2.45, 2.75) is 63.6 Å². The van der Waals surface area contributed by atoms with Gasteiger partial charge in [0.05, 0.1) is 0 Å². The highest BCUT2D eigenvalue weighted by atomic mass is 15.3. The molecule has 3 aliphatic rings. The first-order chi connectivity index (χ1) is 10.3. The molecular formula is C19H28N2. The minimum Gasteiger partial charge on any atom is -0.311 e. The molecular weight excluding hydrogens is 256 g/mol. The van der Waals surface area contributed by atoms with E-state index in [9.17, 15) is 0 Å². The molecule has 1 heterocycles. The van der Waals surface area contributed by atoms with Crippen molar-refractivity contribution < 1.29 is 0 Å². The molecule has 1 saturated heterocycles. The van der Waals surface area contributed by atoms with Crippen molar-refractivity contribution in [3.05, 3.63) is 35.4 Å². The van der Waals surface area contributed by atoms with Crippen LogP contribution in [0.3, 0.4) is 0 Å². The van der Waals surface area contributed by atoms with Gasteiger partial charge in [0.2, 0.25) is 0 Å². The SMILES string of the molecule is Cc1ccccc1CN1CC(C2CC2)NCC12CCCC2. The molecule has 1 aliphatic heterocycles. The van der Waals surface area contributed by atoms with Crippen LogP contribution in [0.4, 0.5) is 0 Å². The number of benzene rings is 1. The fraction of sp³-hybridized carbons (Fsp3) is 0.684. The topological polar surface area (TPSA) is 15.3 Å². The molecule has 0 aromatic heterocycles. The number of aryl methyl sites for hydroxylation is 1. The molecule has 2 saturated carbocycles. The molecule has 2 nitrogen and oxygen atoms in total. The van der Waals surface area contributed by atoms with E-state index in [1.165, 1.54) is 62.7 Å². The van der Waals surface area contributed by atoms with Crippen LogP contribution in [-0.4, -0.2) is 29.6 Å². The third-order valence-electron chi connectivity index (χ3n) is 6.13. The van der Waals surface area contributed by atoms with E-state index in [0.717, 1.165) is 18.5 Å². The summed E-state index contributed by atoms with van der Waals surface area (Å²) >= 11 is 0. The molecule has 2 aliphatic carbocycles. The Labute approximate surface area is 128 Å². The Balaban J connectivity index is 1.56. The summed E-state index contributed by atoms with van der Waals surface area (Å²) < 4.78 is 0. The van der Waals surface area contributed by atoms with Gasteiger partial charge in [0.25, 0.3) is 0 Å². The Hall–Kier alpha value is -0.860. The summed E-state index contributed by atoms with van der Waals surface area (Å²) in [7, 11) is 0. The Kier molecular flexibility index (Phi) is 3.55. The third kappa shape index (κ3) is 2.64. The molecule has 1 spiro atoms. The number of piperazine rings is 1. The van der Waals surface area contributed by atoms with Crippen molar-refractivity contribution in [2.24, 2.45) is 5.92 Å². The van der Waals surface area contributed by atoms with Gasteiger partial charge < -0.3 is 5.32 Å². The summed E-state index contributed by atoms with van der Waals surface area (Å²) in [4.78, 5) is 2.85. The van der Waals surface area contributed by atoms with Crippen LogP contribution in [0, 0.1) is 12.8 Å². The van der Waals surface area contributed by atoms with Gasteiger partial charge in [-0.3, -0.25) is 4.90 Å². The van der Waals surface area contributed by atoms with Gasteiger partial charge in [-0.25, -0.2) is 0 Å². The zero-order chi connectivity index (χ0) is 14.3. The molecule has 4 rings (SSSR count). The average molecular weight is 284 g/mol. The normalized spacial score (nSPS) is 29.1. The third-order valence-corrected chi connectivity index (χ3v) is 6.13. The number of rotatable bonds is 3. The van der Waals surface area contributed by atoms with Crippen LogP contribution in [0.2, 0.25) is 0 Å². The highest BCUT2D eigenvalue weighted by molar-refractivity contribution is 5.26. The molecule has 1 aromatic rings. The van der Waals surface area contributed by atoms with Crippen molar-refractivity contribution in [1.29, 1.82) is 0 Å². The number of hydrogen-bond acceptors (Lipinski definition) is 2. The van der Waals surface area contributed by atoms with E-state index in [1.54, 1.807) is 0 Å². The van der Waals surface area contributed by atoms with Crippen molar-refractivity contribution in [1.82, 2.24) is 10.2 Å². The summed E-state index contributed by atoms with van der Waals surface area (Å²) in [6.45, 7) is 5.90. The van der Waals surface area contributed by atoms with E-state index in [4.69, 9.17) is 0 Å². The highest BCUT2D eigenvalue weighted by Crippen LogP contribution is 2.41. The zero-order valence-electron chi connectivity index (χ0n) is 13.3. The maximum Gasteiger partial charge on any atom is 0.0338 e. The fourth-order valence-corrected chi connectivity index (χ4v) is 4.49. The molecule has 3 fully saturated rings. The predicted molar refractivity (Wildman–Crippen MR) is 87.3 cm³/mol. The van der Waals surface area contributed by atoms with Crippen LogP contribution in [0.15, 0.2) is 24.3 Å². The Morgan fingerprint density at radius 2 is 1.95 bits per heavy atom. The van der Waals surface area contributed by atoms with E-state index in [1.807, 2.05) is 0 Å². The lowest BCUT2D eigenvalue weighted by Crippen LogP contribution is -2.63. The van der Waals surface area contributed by atoms with Crippen molar-refractivity contribution in [3.8, 4) is 0 Å². The van der Waals surface area contributed by atoms with Gasteiger partial charge in [-0.15, -0.1) is 0 Å². The van der Waals surface area contributed by atoms with Gasteiger partial charge in [0, 0.05) is 31.2 Å². The van der Waals surface area contributed by atoms with Gasteiger partial charge in [-0.1, -0.05) is 37.1 Å². The minimum atomic E-state index is 0.452. The second-order valence-corrected chi connectivity index (χ2v) is 7.56. The Morgan fingerprint density at radius 3 is 2.67 bits per heavy atom. The van der Waals surface area contributed by atoms with Gasteiger partial charge in [-0.2, -0.15) is 0 Å². The number of nitrogens with one attached hydrogen (secondary N) is 1. The number of hydrogen-bond donors (Lipinski definition) is 1. The molecule has 0 amide bonds. The predicted octanol–water partition coefficient (Wildman–Crippen LogP) is 3.49. The van der Waals surface area contributed by atoms with Gasteiger partial charge >= 0.3 is 0 Å². The lowest BCUT2D eigenvalue weighted by atomic mass is 9.89. The standard InChI is InChI=1S/C19H28N2/c1-15-6-2-3-7-17(15)12-21-13-18(16-8-9-16)20-14-19(21)10-4-5-11-19/h2-3,6-7,16,18,20H,4-5,8-14H2,1H3. The fourth-order valence-electron chi connectivity index (χ4n) is 4.49. The first-order valence-corrected chi connectivity index (χ1v) is 8.80. The van der Waals surface area contributed by atoms with Gasteiger partial charge in [-0.05, 0) is 49.7 Å². The monoisotopic (exact) mass is 284 g/mol. The summed E-state index contributed by atoms with van der Waals surface area (Å²) in [5, 5.41) is 3.90. The van der Waals surface area contributed by atoms with Crippen LogP contribution in [0.1, 0.15) is 49.7 Å². The maximum atomic E-state index is 3.90. The van der Waals surface area contributed by atoms with E-state index in [0.29, 0.717) is 5.54 Å². The summed E-state index contributed by atoms with van der Waals surface area (Å²) in [5.41, 5.74) is 3.43. The minimum absolute atomic E-state index is 0.452. The molecule has 0 radical (unpaired) electrons. The molecule has 1 unspecified atom stereocenters. The van der Waals surface area contributed by atoms with E-state index in [-0.39, 0.29) is 0 Å². The first-order valence-electron chi connectivity index (χ1n) is 8.80. The molecule has 1 aromatic carbocycles. The van der Waals surface area contributed by atoms with Crippen LogP contribution in [0.5, 0.6) is 0 Å². The molecule has 2 heteroatoms. The first kappa shape index (κ1) is 13.8. The largest absolute Gasteiger partial charge is 0.311 e. The lowest BCUT2D eigenvalue weighted by molar-refractivity contribution is 0.0310. The van der Waals surface area contributed by atoms with E-state index >= 15 is 0 Å². The Bertz CT molecular complexity index is 500. The zero-order valence-corrected chi connectivity index (χ0v) is 13.3. The quantitative estimate of drug-likeness (QED) is 0.914. The second-order valence-electron chi connectivity index (χ2n) is 7.56. The Morgan fingerprint density at radius 1 is 1.19 bits per heavy atom. The van der Waals surface area contributed by atoms with Crippen molar-refractivity contribution in [2.75, 3.05) is 13.1 Å². The van der Waals surface area contributed by atoms with Crippen molar-refractivity contribution >= 4 is 0 Å². The van der Waals surface area contributed by atoms with Gasteiger partial charge in [0.15, 0.2) is 0 Å². The van der Waals surface area contributed by atoms with Gasteiger partial charge in [0.1, 0.15) is 0 Å². The summed E-state index contributed by atoms with van der Waals surface area (Å²) in [6, 6.07) is 9.70. The van der Waals surface area contributed by atoms with Crippen LogP contribution >= 0.6 is 0 Å². The second kappa shape index (κ2) is 5.40. The van der Waals surface area contributed by atoms with Crippen LogP contribution in [0.25, 0.3) is 0 Å². The highest BCUT2D eigenvalue weighted by Gasteiger charge is 2.46. The number of nitrogens with zero attached hydrogens (tertiary/aromatic N) is 1. The maximum absolute atomic E-state index is 3.90. The van der Waals surface area contributed by atoms with E-state index in [2.05, 4.69) is 41.4 Å². The summed E-state index contributed by atoms with van der Waals surface area (Å²) in [5.74, 6) is 0.961. The average Bonchev–Trinajstić information content (AvgIpc) is 3.24. The smallest absolute Gasteiger partial charge is 0.0338 e. The van der Waals surface area contributed by atoms with Crippen molar-refractivity contribution in [3.63, 3.8) is 0 Å². The summed E-state index contributed by atoms with van der Waals surface area (Å²) in [6.07, 6.45) is 8.51. The molecule has 0 bridgehead atoms. The van der Waals surface area contributed by atoms with Crippen LogP contribution in [-0.2, 0) is 6.54 Å². The van der Waals surface area contributed by atoms with Crippen LogP contribution < -0.4 is 5.32 Å². The van der Waals surface area contributed by atoms with E-state index < -0.39 is 0 Å². The molecule has 21 heavy (non-hydrogen) atoms. The molecule has 1 atom stereocenters. The lowest BCUT2D eigenvalue weighted by Gasteiger charge is -2.49.